The minimum atomic E-state index is 0.255. The number of fused-ring (bicyclic) bond motifs is 2. The number of hydrogen-bond acceptors (Lipinski definition) is 7. The zero-order valence-electron chi connectivity index (χ0n) is 12.4. The lowest BCUT2D eigenvalue weighted by Crippen LogP contribution is -1.97. The highest BCUT2D eigenvalue weighted by Gasteiger charge is 2.14. The second-order valence-electron chi connectivity index (χ2n) is 5.11. The molecule has 4 rings (SSSR count). The van der Waals surface area contributed by atoms with E-state index in [1.54, 1.807) is 0 Å². The molecule has 0 aliphatic carbocycles. The Morgan fingerprint density at radius 1 is 1.09 bits per heavy atom. The van der Waals surface area contributed by atoms with E-state index in [-0.39, 0.29) is 6.79 Å². The van der Waals surface area contributed by atoms with Gasteiger partial charge in [0.25, 0.3) is 0 Å². The molecule has 0 saturated carbocycles. The molecule has 116 valence electrons. The fourth-order valence-corrected chi connectivity index (χ4v) is 2.30. The summed E-state index contributed by atoms with van der Waals surface area (Å²) >= 11 is 0. The molecule has 0 spiro atoms. The normalized spacial score (nSPS) is 13.5. The van der Waals surface area contributed by atoms with Gasteiger partial charge in [0.2, 0.25) is 6.79 Å². The second-order valence-corrected chi connectivity index (χ2v) is 5.11. The molecule has 7 heteroatoms. The van der Waals surface area contributed by atoms with Gasteiger partial charge in [0.05, 0.1) is 5.71 Å². The number of hydrogen-bond donors (Lipinski definition) is 0. The molecule has 1 aromatic heterocycles. The van der Waals surface area contributed by atoms with Crippen molar-refractivity contribution in [1.82, 2.24) is 10.3 Å². The lowest BCUT2D eigenvalue weighted by molar-refractivity contribution is 0.130. The van der Waals surface area contributed by atoms with Gasteiger partial charge >= 0.3 is 0 Å². The van der Waals surface area contributed by atoms with Gasteiger partial charge in [-0.25, -0.2) is 4.63 Å². The van der Waals surface area contributed by atoms with Crippen LogP contribution in [0.3, 0.4) is 0 Å². The molecule has 0 amide bonds. The van der Waals surface area contributed by atoms with E-state index in [1.165, 1.54) is 0 Å². The number of aromatic nitrogens is 2. The van der Waals surface area contributed by atoms with Crippen molar-refractivity contribution in [1.29, 1.82) is 0 Å². The van der Waals surface area contributed by atoms with Crippen LogP contribution in [0.5, 0.6) is 11.5 Å². The summed E-state index contributed by atoms with van der Waals surface area (Å²) in [7, 11) is 0. The molecule has 0 bridgehead atoms. The van der Waals surface area contributed by atoms with Gasteiger partial charge in [0.1, 0.15) is 17.6 Å². The first kappa shape index (κ1) is 13.6. The average Bonchev–Trinajstić information content (AvgIpc) is 3.22. The van der Waals surface area contributed by atoms with Crippen LogP contribution < -0.4 is 9.47 Å². The standard InChI is InChI=1S/C16H13N3O4/c1-10(12-3-5-15-16(7-12)21-9-20-15)17-22-8-11-2-4-13-14(6-11)19-23-18-13/h2-7H,8-9H2,1H3/b17-10+. The van der Waals surface area contributed by atoms with Crippen molar-refractivity contribution in [3.05, 3.63) is 47.5 Å². The molecule has 3 aromatic rings. The van der Waals surface area contributed by atoms with Crippen molar-refractivity contribution >= 4 is 16.7 Å². The first-order valence-electron chi connectivity index (χ1n) is 7.07. The highest BCUT2D eigenvalue weighted by Crippen LogP contribution is 2.32. The fraction of sp³-hybridized carbons (Fsp3) is 0.188. The summed E-state index contributed by atoms with van der Waals surface area (Å²) in [6.45, 7) is 2.47. The average molecular weight is 311 g/mol. The van der Waals surface area contributed by atoms with Gasteiger partial charge in [-0.1, -0.05) is 11.2 Å². The van der Waals surface area contributed by atoms with Crippen LogP contribution >= 0.6 is 0 Å². The van der Waals surface area contributed by atoms with Crippen LogP contribution in [0.4, 0.5) is 0 Å². The third kappa shape index (κ3) is 2.68. The summed E-state index contributed by atoms with van der Waals surface area (Å²) in [6.07, 6.45) is 0. The molecule has 2 aromatic carbocycles. The molecule has 0 radical (unpaired) electrons. The molecule has 0 fully saturated rings. The van der Waals surface area contributed by atoms with Crippen molar-refractivity contribution in [3.8, 4) is 11.5 Å². The van der Waals surface area contributed by atoms with E-state index in [9.17, 15) is 0 Å². The third-order valence-electron chi connectivity index (χ3n) is 3.54. The number of benzene rings is 2. The highest BCUT2D eigenvalue weighted by atomic mass is 16.7. The van der Waals surface area contributed by atoms with Crippen molar-refractivity contribution in [2.75, 3.05) is 6.79 Å². The molecule has 0 unspecified atom stereocenters. The van der Waals surface area contributed by atoms with E-state index < -0.39 is 0 Å². The van der Waals surface area contributed by atoms with Gasteiger partial charge in [0, 0.05) is 5.56 Å². The summed E-state index contributed by atoms with van der Waals surface area (Å²) in [5, 5.41) is 11.7. The maximum Gasteiger partial charge on any atom is 0.231 e. The summed E-state index contributed by atoms with van der Waals surface area (Å²) in [4.78, 5) is 5.42. The Labute approximate surface area is 131 Å². The summed E-state index contributed by atoms with van der Waals surface area (Å²) in [5.41, 5.74) is 4.03. The molecule has 0 N–H and O–H groups in total. The van der Waals surface area contributed by atoms with E-state index in [2.05, 4.69) is 20.1 Å². The van der Waals surface area contributed by atoms with E-state index in [1.807, 2.05) is 43.3 Å². The fourth-order valence-electron chi connectivity index (χ4n) is 2.30. The predicted molar refractivity (Wildman–Crippen MR) is 81.4 cm³/mol. The van der Waals surface area contributed by atoms with Crippen LogP contribution in [-0.4, -0.2) is 22.8 Å². The van der Waals surface area contributed by atoms with Gasteiger partial charge in [-0.15, -0.1) is 0 Å². The van der Waals surface area contributed by atoms with Gasteiger partial charge in [0.15, 0.2) is 11.5 Å². The smallest absolute Gasteiger partial charge is 0.231 e. The summed E-state index contributed by atoms with van der Waals surface area (Å²) in [6, 6.07) is 11.3. The van der Waals surface area contributed by atoms with Gasteiger partial charge < -0.3 is 14.3 Å². The number of nitrogens with zero attached hydrogens (tertiary/aromatic N) is 3. The SMILES string of the molecule is C/C(=N\OCc1ccc2nonc2c1)c1ccc2c(c1)OCO2. The number of oxime groups is 1. The van der Waals surface area contributed by atoms with Crippen molar-refractivity contribution < 1.29 is 18.9 Å². The molecular formula is C16H13N3O4. The molecule has 0 saturated heterocycles. The maximum atomic E-state index is 5.42. The maximum absolute atomic E-state index is 5.42. The predicted octanol–water partition coefficient (Wildman–Crippen LogP) is 2.89. The monoisotopic (exact) mass is 311 g/mol. The van der Waals surface area contributed by atoms with E-state index in [0.717, 1.165) is 28.3 Å². The Bertz CT molecular complexity index is 888. The highest BCUT2D eigenvalue weighted by molar-refractivity contribution is 5.98. The van der Waals surface area contributed by atoms with Crippen LogP contribution in [0.25, 0.3) is 11.0 Å². The summed E-state index contributed by atoms with van der Waals surface area (Å²) in [5.74, 6) is 1.47. The Hall–Kier alpha value is -3.09. The Kier molecular flexibility index (Phi) is 3.30. The van der Waals surface area contributed by atoms with Crippen molar-refractivity contribution in [2.24, 2.45) is 5.16 Å². The Balaban J connectivity index is 1.45. The number of ether oxygens (including phenoxy) is 2. The lowest BCUT2D eigenvalue weighted by atomic mass is 10.1. The summed E-state index contributed by atoms with van der Waals surface area (Å²) < 4.78 is 15.3. The van der Waals surface area contributed by atoms with E-state index >= 15 is 0 Å². The first-order valence-corrected chi connectivity index (χ1v) is 7.07. The minimum absolute atomic E-state index is 0.255. The van der Waals surface area contributed by atoms with Crippen molar-refractivity contribution in [3.63, 3.8) is 0 Å². The molecule has 2 heterocycles. The topological polar surface area (TPSA) is 79.0 Å². The van der Waals surface area contributed by atoms with Crippen LogP contribution in [0, 0.1) is 0 Å². The molecular weight excluding hydrogens is 298 g/mol. The second kappa shape index (κ2) is 5.60. The quantitative estimate of drug-likeness (QED) is 0.544. The van der Waals surface area contributed by atoms with Gasteiger partial charge in [-0.3, -0.25) is 0 Å². The van der Waals surface area contributed by atoms with Crippen LogP contribution in [0.15, 0.2) is 46.2 Å². The first-order chi connectivity index (χ1) is 11.3. The minimum Gasteiger partial charge on any atom is -0.454 e. The van der Waals surface area contributed by atoms with Crippen molar-refractivity contribution in [2.45, 2.75) is 13.5 Å². The van der Waals surface area contributed by atoms with Gasteiger partial charge in [-0.05, 0) is 53.1 Å². The van der Waals surface area contributed by atoms with Crippen LogP contribution in [0.1, 0.15) is 18.1 Å². The van der Waals surface area contributed by atoms with E-state index in [4.69, 9.17) is 14.3 Å². The van der Waals surface area contributed by atoms with Gasteiger partial charge in [-0.2, -0.15) is 0 Å². The Morgan fingerprint density at radius 3 is 2.91 bits per heavy atom. The molecule has 0 atom stereocenters. The van der Waals surface area contributed by atoms with E-state index in [0.29, 0.717) is 17.6 Å². The molecule has 23 heavy (non-hydrogen) atoms. The largest absolute Gasteiger partial charge is 0.454 e. The zero-order chi connectivity index (χ0) is 15.6. The van der Waals surface area contributed by atoms with Crippen LogP contribution in [0.2, 0.25) is 0 Å². The molecule has 1 aliphatic rings. The van der Waals surface area contributed by atoms with Crippen LogP contribution in [-0.2, 0) is 11.4 Å². The molecule has 1 aliphatic heterocycles. The zero-order valence-corrected chi connectivity index (χ0v) is 12.4. The number of rotatable bonds is 4. The third-order valence-corrected chi connectivity index (χ3v) is 3.54. The Morgan fingerprint density at radius 2 is 1.96 bits per heavy atom. The lowest BCUT2D eigenvalue weighted by Gasteiger charge is -2.04. The molecule has 7 nitrogen and oxygen atoms in total.